The number of aromatic nitrogens is 2. The summed E-state index contributed by atoms with van der Waals surface area (Å²) in [5, 5.41) is 17.0. The third kappa shape index (κ3) is 6.41. The molecule has 2 amide bonds. The molecule has 2 unspecified atom stereocenters. The van der Waals surface area contributed by atoms with Gasteiger partial charge in [0.25, 0.3) is 5.91 Å². The van der Waals surface area contributed by atoms with Crippen molar-refractivity contribution >= 4 is 29.6 Å². The quantitative estimate of drug-likeness (QED) is 0.554. The Morgan fingerprint density at radius 1 is 1.32 bits per heavy atom. The summed E-state index contributed by atoms with van der Waals surface area (Å²) in [6.45, 7) is 11.2. The summed E-state index contributed by atoms with van der Waals surface area (Å²) in [6, 6.07) is 5.95. The fraction of sp³-hybridized carbons (Fsp3) is 0.500. The number of nitrogens with one attached hydrogen (secondary N) is 1. The highest BCUT2D eigenvalue weighted by atomic mass is 35.5. The van der Waals surface area contributed by atoms with Crippen LogP contribution in [0.2, 0.25) is 5.02 Å². The lowest BCUT2D eigenvalue weighted by Crippen LogP contribution is -2.42. The number of nitriles is 1. The minimum atomic E-state index is -0.640. The van der Waals surface area contributed by atoms with Crippen molar-refractivity contribution < 1.29 is 23.9 Å². The molecule has 2 aromatic rings. The fourth-order valence-electron chi connectivity index (χ4n) is 4.11. The number of amides is 2. The van der Waals surface area contributed by atoms with Crippen LogP contribution in [0.25, 0.3) is 0 Å². The molecule has 10 nitrogen and oxygen atoms in total. The molecule has 1 aliphatic rings. The van der Waals surface area contributed by atoms with Gasteiger partial charge in [0.05, 0.1) is 35.5 Å². The number of benzene rings is 1. The molecule has 2 atom stereocenters. The summed E-state index contributed by atoms with van der Waals surface area (Å²) in [5.41, 5.74) is 1.44. The molecular formula is C26H32ClN5O5. The number of hydrogen-bond acceptors (Lipinski definition) is 7. The minimum absolute atomic E-state index is 0.139. The molecule has 0 bridgehead atoms. The van der Waals surface area contributed by atoms with Gasteiger partial charge in [0.15, 0.2) is 5.69 Å². The monoisotopic (exact) mass is 529 g/mol. The largest absolute Gasteiger partial charge is 0.461 e. The van der Waals surface area contributed by atoms with Crippen LogP contribution < -0.4 is 5.32 Å². The van der Waals surface area contributed by atoms with Crippen LogP contribution in [0.15, 0.2) is 18.2 Å². The molecular weight excluding hydrogens is 498 g/mol. The van der Waals surface area contributed by atoms with Gasteiger partial charge in [0.2, 0.25) is 0 Å². The molecule has 1 N–H and O–H groups in total. The lowest BCUT2D eigenvalue weighted by molar-refractivity contribution is 0.0498. The number of carbonyl (C=O) groups is 3. The topological polar surface area (TPSA) is 127 Å². The van der Waals surface area contributed by atoms with Crippen molar-refractivity contribution in [3.8, 4) is 6.07 Å². The number of rotatable bonds is 6. The van der Waals surface area contributed by atoms with E-state index in [2.05, 4.69) is 10.4 Å². The first-order chi connectivity index (χ1) is 17.4. The number of esters is 1. The Hall–Kier alpha value is -3.58. The molecule has 198 valence electrons. The molecule has 11 heteroatoms. The first-order valence-electron chi connectivity index (χ1n) is 12.1. The van der Waals surface area contributed by atoms with E-state index in [9.17, 15) is 19.6 Å². The Morgan fingerprint density at radius 3 is 2.65 bits per heavy atom. The Morgan fingerprint density at radius 2 is 2.03 bits per heavy atom. The zero-order chi connectivity index (χ0) is 27.5. The second-order valence-corrected chi connectivity index (χ2v) is 10.4. The van der Waals surface area contributed by atoms with Gasteiger partial charge in [-0.1, -0.05) is 11.6 Å². The van der Waals surface area contributed by atoms with Crippen molar-refractivity contribution in [2.24, 2.45) is 0 Å². The van der Waals surface area contributed by atoms with Crippen LogP contribution in [-0.4, -0.2) is 57.4 Å². The predicted octanol–water partition coefficient (Wildman–Crippen LogP) is 4.26. The lowest BCUT2D eigenvalue weighted by atomic mass is 9.98. The molecule has 1 aliphatic heterocycles. The van der Waals surface area contributed by atoms with Gasteiger partial charge >= 0.3 is 12.1 Å². The number of alkyl carbamates (subject to hydrolysis) is 1. The molecule has 0 saturated heterocycles. The van der Waals surface area contributed by atoms with Gasteiger partial charge in [-0.15, -0.1) is 0 Å². The van der Waals surface area contributed by atoms with Gasteiger partial charge in [-0.05, 0) is 59.7 Å². The first kappa shape index (κ1) is 28.0. The van der Waals surface area contributed by atoms with E-state index >= 15 is 0 Å². The third-order valence-corrected chi connectivity index (χ3v) is 6.19. The van der Waals surface area contributed by atoms with E-state index in [1.807, 2.05) is 19.9 Å². The average molecular weight is 530 g/mol. The molecule has 2 heterocycles. The van der Waals surface area contributed by atoms with Crippen molar-refractivity contribution in [3.05, 3.63) is 51.3 Å². The second kappa shape index (κ2) is 11.2. The molecule has 1 aromatic carbocycles. The molecule has 3 rings (SSSR count). The van der Waals surface area contributed by atoms with Gasteiger partial charge in [0, 0.05) is 30.1 Å². The van der Waals surface area contributed by atoms with Crippen molar-refractivity contribution in [1.29, 1.82) is 5.26 Å². The molecule has 0 fully saturated rings. The summed E-state index contributed by atoms with van der Waals surface area (Å²) >= 11 is 6.03. The highest BCUT2D eigenvalue weighted by molar-refractivity contribution is 6.31. The molecule has 0 aliphatic carbocycles. The maximum absolute atomic E-state index is 13.4. The van der Waals surface area contributed by atoms with Gasteiger partial charge in [0.1, 0.15) is 11.7 Å². The standard InChI is InChI=1S/C26H32ClN5O5/c1-7-36-24(34)22-19-14-31(23(33)17-8-9-20(27)18(11-17)12-28)15(2)10-21(19)30-32(22)16(3)13-29-25(35)37-26(4,5)6/h8-9,11,15-16H,7,10,13-14H2,1-6H3,(H,29,35). The number of ether oxygens (including phenoxy) is 2. The number of halogens is 1. The SMILES string of the molecule is CCOC(=O)c1c2c(nn1C(C)CNC(=O)OC(C)(C)C)CC(C)N(C(=O)c1ccc(Cl)c(C#N)c1)C2. The van der Waals surface area contributed by atoms with Gasteiger partial charge in [-0.25, -0.2) is 9.59 Å². The van der Waals surface area contributed by atoms with Gasteiger partial charge < -0.3 is 19.7 Å². The van der Waals surface area contributed by atoms with Crippen LogP contribution in [-0.2, 0) is 22.4 Å². The number of fused-ring (bicyclic) bond motifs is 1. The maximum Gasteiger partial charge on any atom is 0.407 e. The zero-order valence-corrected chi connectivity index (χ0v) is 22.7. The van der Waals surface area contributed by atoms with Crippen molar-refractivity contribution in [3.63, 3.8) is 0 Å². The van der Waals surface area contributed by atoms with Crippen molar-refractivity contribution in [2.45, 2.75) is 72.2 Å². The van der Waals surface area contributed by atoms with Crippen molar-refractivity contribution in [2.75, 3.05) is 13.2 Å². The van der Waals surface area contributed by atoms with Crippen LogP contribution >= 0.6 is 11.6 Å². The first-order valence-corrected chi connectivity index (χ1v) is 12.5. The summed E-state index contributed by atoms with van der Waals surface area (Å²) in [6.07, 6.45) is -0.148. The van der Waals surface area contributed by atoms with E-state index < -0.39 is 23.7 Å². The Kier molecular flexibility index (Phi) is 8.49. The lowest BCUT2D eigenvalue weighted by Gasteiger charge is -2.33. The number of hydrogen-bond donors (Lipinski definition) is 1. The van der Waals surface area contributed by atoms with Gasteiger partial charge in [-0.3, -0.25) is 9.48 Å². The van der Waals surface area contributed by atoms with E-state index in [1.165, 1.54) is 12.1 Å². The molecule has 1 aromatic heterocycles. The highest BCUT2D eigenvalue weighted by Crippen LogP contribution is 2.30. The van der Waals surface area contributed by atoms with Gasteiger partial charge in [-0.2, -0.15) is 10.4 Å². The Balaban J connectivity index is 1.91. The molecule has 0 saturated carbocycles. The zero-order valence-electron chi connectivity index (χ0n) is 21.9. The van der Waals surface area contributed by atoms with E-state index in [0.717, 1.165) is 0 Å². The summed E-state index contributed by atoms with van der Waals surface area (Å²) in [4.78, 5) is 40.2. The maximum atomic E-state index is 13.4. The average Bonchev–Trinajstić information content (AvgIpc) is 3.19. The fourth-order valence-corrected chi connectivity index (χ4v) is 4.27. The summed E-state index contributed by atoms with van der Waals surface area (Å²) < 4.78 is 12.2. The number of carbonyl (C=O) groups excluding carboxylic acids is 3. The molecule has 37 heavy (non-hydrogen) atoms. The van der Waals surface area contributed by atoms with E-state index in [1.54, 1.807) is 43.3 Å². The second-order valence-electron chi connectivity index (χ2n) is 9.96. The van der Waals surface area contributed by atoms with E-state index in [-0.39, 0.29) is 47.9 Å². The predicted molar refractivity (Wildman–Crippen MR) is 136 cm³/mol. The van der Waals surface area contributed by atoms with E-state index in [4.69, 9.17) is 21.1 Å². The highest BCUT2D eigenvalue weighted by Gasteiger charge is 2.36. The van der Waals surface area contributed by atoms with E-state index in [0.29, 0.717) is 23.2 Å². The van der Waals surface area contributed by atoms with Crippen LogP contribution in [0, 0.1) is 11.3 Å². The van der Waals surface area contributed by atoms with Crippen LogP contribution in [0.4, 0.5) is 4.79 Å². The van der Waals surface area contributed by atoms with Crippen molar-refractivity contribution in [1.82, 2.24) is 20.0 Å². The Bertz CT molecular complexity index is 1240. The van der Waals surface area contributed by atoms with Crippen LogP contribution in [0.3, 0.4) is 0 Å². The Labute approximate surface area is 221 Å². The summed E-state index contributed by atoms with van der Waals surface area (Å²) in [7, 11) is 0. The third-order valence-electron chi connectivity index (χ3n) is 5.86. The molecule has 0 radical (unpaired) electrons. The number of nitrogens with zero attached hydrogens (tertiary/aromatic N) is 4. The molecule has 0 spiro atoms. The smallest absolute Gasteiger partial charge is 0.407 e. The minimum Gasteiger partial charge on any atom is -0.461 e. The summed E-state index contributed by atoms with van der Waals surface area (Å²) in [5.74, 6) is -0.839. The normalized spacial score (nSPS) is 15.8. The van der Waals surface area contributed by atoms with Crippen LogP contribution in [0.5, 0.6) is 0 Å². The van der Waals surface area contributed by atoms with Crippen LogP contribution in [0.1, 0.15) is 85.3 Å².